The largest absolute Gasteiger partial charge is 0.389 e. The molecule has 4 nitrogen and oxygen atoms in total. The van der Waals surface area contributed by atoms with E-state index in [0.717, 1.165) is 0 Å². The van der Waals surface area contributed by atoms with Gasteiger partial charge in [0.25, 0.3) is 5.56 Å². The zero-order valence-electron chi connectivity index (χ0n) is 10.3. The van der Waals surface area contributed by atoms with Gasteiger partial charge in [0.2, 0.25) is 0 Å². The first kappa shape index (κ1) is 13.4. The van der Waals surface area contributed by atoms with Gasteiger partial charge in [0, 0.05) is 17.3 Å². The summed E-state index contributed by atoms with van der Waals surface area (Å²) in [6.07, 6.45) is 1.45. The van der Waals surface area contributed by atoms with Crippen LogP contribution in [-0.4, -0.2) is 14.5 Å². The number of nitrogens with two attached hydrogens (primary N) is 1. The van der Waals surface area contributed by atoms with Crippen LogP contribution in [0.3, 0.4) is 0 Å². The second kappa shape index (κ2) is 5.27. The lowest BCUT2D eigenvalue weighted by molar-refractivity contribution is 0.625. The van der Waals surface area contributed by atoms with Gasteiger partial charge in [0.15, 0.2) is 0 Å². The van der Waals surface area contributed by atoms with E-state index in [-0.39, 0.29) is 17.1 Å². The molecule has 0 unspecified atom stereocenters. The average molecular weight is 277 g/mol. The van der Waals surface area contributed by atoms with E-state index in [9.17, 15) is 9.18 Å². The molecule has 0 aliphatic rings. The van der Waals surface area contributed by atoms with Crippen LogP contribution in [0.1, 0.15) is 16.8 Å². The smallest absolute Gasteiger partial charge is 0.253 e. The molecule has 1 heterocycles. The summed E-state index contributed by atoms with van der Waals surface area (Å²) in [5.74, 6) is -0.416. The summed E-state index contributed by atoms with van der Waals surface area (Å²) in [6, 6.07) is 5.58. The predicted octanol–water partition coefficient (Wildman–Crippen LogP) is 1.37. The first-order chi connectivity index (χ1) is 8.97. The standard InChI is InChI=1S/C13H12FN3OS/c1-8-4-12(18)17(7-16-8)6-9-2-3-10(14)5-11(9)13(15)19/h2-5,7H,6H2,1H3,(H2,15,19). The number of rotatable bonds is 3. The average Bonchev–Trinajstić information content (AvgIpc) is 2.34. The second-order valence-corrected chi connectivity index (χ2v) is 4.60. The fourth-order valence-corrected chi connectivity index (χ4v) is 1.92. The number of hydrogen-bond acceptors (Lipinski definition) is 3. The van der Waals surface area contributed by atoms with Crippen LogP contribution >= 0.6 is 12.2 Å². The summed E-state index contributed by atoms with van der Waals surface area (Å²) in [5, 5.41) is 0. The molecule has 0 bridgehead atoms. The molecule has 2 aromatic rings. The van der Waals surface area contributed by atoms with Crippen molar-refractivity contribution >= 4 is 17.2 Å². The zero-order valence-corrected chi connectivity index (χ0v) is 11.1. The lowest BCUT2D eigenvalue weighted by Crippen LogP contribution is -2.22. The Kier molecular flexibility index (Phi) is 3.71. The Morgan fingerprint density at radius 1 is 1.47 bits per heavy atom. The van der Waals surface area contributed by atoms with Gasteiger partial charge < -0.3 is 5.73 Å². The molecule has 0 aliphatic carbocycles. The maximum Gasteiger partial charge on any atom is 0.253 e. The third kappa shape index (κ3) is 3.03. The highest BCUT2D eigenvalue weighted by Crippen LogP contribution is 2.12. The Balaban J connectivity index is 2.43. The molecule has 2 N–H and O–H groups in total. The summed E-state index contributed by atoms with van der Waals surface area (Å²) in [5.41, 5.74) is 7.15. The molecule has 1 aromatic carbocycles. The summed E-state index contributed by atoms with van der Waals surface area (Å²) in [4.78, 5) is 15.9. The van der Waals surface area contributed by atoms with Crippen molar-refractivity contribution in [3.63, 3.8) is 0 Å². The molecule has 6 heteroatoms. The molecule has 0 radical (unpaired) electrons. The van der Waals surface area contributed by atoms with E-state index in [4.69, 9.17) is 18.0 Å². The van der Waals surface area contributed by atoms with Crippen molar-refractivity contribution in [1.82, 2.24) is 9.55 Å². The van der Waals surface area contributed by atoms with Crippen LogP contribution in [-0.2, 0) is 6.54 Å². The van der Waals surface area contributed by atoms with Crippen molar-refractivity contribution < 1.29 is 4.39 Å². The highest BCUT2D eigenvalue weighted by Gasteiger charge is 2.08. The summed E-state index contributed by atoms with van der Waals surface area (Å²) in [6.45, 7) is 1.99. The first-order valence-corrected chi connectivity index (χ1v) is 5.99. The van der Waals surface area contributed by atoms with Crippen LogP contribution in [0.5, 0.6) is 0 Å². The van der Waals surface area contributed by atoms with Gasteiger partial charge in [-0.1, -0.05) is 18.3 Å². The topological polar surface area (TPSA) is 60.9 Å². The van der Waals surface area contributed by atoms with Crippen molar-refractivity contribution in [2.24, 2.45) is 5.73 Å². The minimum absolute atomic E-state index is 0.0996. The number of halogens is 1. The summed E-state index contributed by atoms with van der Waals surface area (Å²) < 4.78 is 14.6. The first-order valence-electron chi connectivity index (χ1n) is 5.58. The van der Waals surface area contributed by atoms with E-state index in [1.165, 1.54) is 29.1 Å². The van der Waals surface area contributed by atoms with Gasteiger partial charge in [-0.3, -0.25) is 9.36 Å². The predicted molar refractivity (Wildman–Crippen MR) is 74.6 cm³/mol. The van der Waals surface area contributed by atoms with Crippen molar-refractivity contribution in [2.75, 3.05) is 0 Å². The Bertz CT molecular complexity index is 697. The van der Waals surface area contributed by atoms with Crippen LogP contribution in [0.25, 0.3) is 0 Å². The summed E-state index contributed by atoms with van der Waals surface area (Å²) >= 11 is 4.89. The number of nitrogens with zero attached hydrogens (tertiary/aromatic N) is 2. The van der Waals surface area contributed by atoms with E-state index in [0.29, 0.717) is 16.8 Å². The summed E-state index contributed by atoms with van der Waals surface area (Å²) in [7, 11) is 0. The fraction of sp³-hybridized carbons (Fsp3) is 0.154. The van der Waals surface area contributed by atoms with Gasteiger partial charge in [-0.25, -0.2) is 9.37 Å². The van der Waals surface area contributed by atoms with E-state index in [1.807, 2.05) is 0 Å². The molecule has 98 valence electrons. The maximum atomic E-state index is 13.2. The van der Waals surface area contributed by atoms with Crippen LogP contribution < -0.4 is 11.3 Å². The lowest BCUT2D eigenvalue weighted by atomic mass is 10.1. The molecule has 0 saturated heterocycles. The number of aromatic nitrogens is 2. The minimum atomic E-state index is -0.416. The second-order valence-electron chi connectivity index (χ2n) is 4.16. The molecule has 0 saturated carbocycles. The molecule has 1 aromatic heterocycles. The number of thiocarbonyl (C=S) groups is 1. The van der Waals surface area contributed by atoms with Gasteiger partial charge >= 0.3 is 0 Å². The van der Waals surface area contributed by atoms with Crippen LogP contribution in [0.2, 0.25) is 0 Å². The van der Waals surface area contributed by atoms with Gasteiger partial charge in [-0.2, -0.15) is 0 Å². The lowest BCUT2D eigenvalue weighted by Gasteiger charge is -2.10. The Morgan fingerprint density at radius 3 is 2.84 bits per heavy atom. The van der Waals surface area contributed by atoms with Crippen molar-refractivity contribution in [1.29, 1.82) is 0 Å². The highest BCUT2D eigenvalue weighted by molar-refractivity contribution is 7.80. The molecule has 0 aliphatic heterocycles. The molecular weight excluding hydrogens is 265 g/mol. The molecule has 0 amide bonds. The van der Waals surface area contributed by atoms with Crippen LogP contribution in [0, 0.1) is 12.7 Å². The zero-order chi connectivity index (χ0) is 14.0. The van der Waals surface area contributed by atoms with Crippen LogP contribution in [0.15, 0.2) is 35.4 Å². The van der Waals surface area contributed by atoms with E-state index >= 15 is 0 Å². The molecule has 2 rings (SSSR count). The van der Waals surface area contributed by atoms with Gasteiger partial charge in [0.1, 0.15) is 10.8 Å². The van der Waals surface area contributed by atoms with Crippen molar-refractivity contribution in [2.45, 2.75) is 13.5 Å². The number of hydrogen-bond donors (Lipinski definition) is 1. The molecule has 19 heavy (non-hydrogen) atoms. The Labute approximate surface area is 114 Å². The Morgan fingerprint density at radius 2 is 2.21 bits per heavy atom. The normalized spacial score (nSPS) is 10.4. The number of benzene rings is 1. The number of aryl methyl sites for hydroxylation is 1. The monoisotopic (exact) mass is 277 g/mol. The molecular formula is C13H12FN3OS. The highest BCUT2D eigenvalue weighted by atomic mass is 32.1. The SMILES string of the molecule is Cc1cc(=O)n(Cc2ccc(F)cc2C(N)=S)cn1. The fourth-order valence-electron chi connectivity index (χ4n) is 1.73. The van der Waals surface area contributed by atoms with Crippen molar-refractivity contribution in [3.05, 3.63) is 63.6 Å². The van der Waals surface area contributed by atoms with E-state index in [1.54, 1.807) is 13.0 Å². The van der Waals surface area contributed by atoms with Gasteiger partial charge in [-0.05, 0) is 24.6 Å². The third-order valence-corrected chi connectivity index (χ3v) is 2.91. The van der Waals surface area contributed by atoms with Crippen molar-refractivity contribution in [3.8, 4) is 0 Å². The minimum Gasteiger partial charge on any atom is -0.389 e. The van der Waals surface area contributed by atoms with E-state index < -0.39 is 5.82 Å². The molecule has 0 fully saturated rings. The third-order valence-electron chi connectivity index (χ3n) is 2.69. The quantitative estimate of drug-likeness (QED) is 0.861. The molecule has 0 spiro atoms. The Hall–Kier alpha value is -2.08. The maximum absolute atomic E-state index is 13.2. The molecule has 0 atom stereocenters. The van der Waals surface area contributed by atoms with Gasteiger partial charge in [0.05, 0.1) is 12.9 Å². The van der Waals surface area contributed by atoms with Gasteiger partial charge in [-0.15, -0.1) is 0 Å². The van der Waals surface area contributed by atoms with E-state index in [2.05, 4.69) is 4.98 Å². The van der Waals surface area contributed by atoms with Crippen LogP contribution in [0.4, 0.5) is 4.39 Å².